The summed E-state index contributed by atoms with van der Waals surface area (Å²) in [5, 5.41) is 9.26. The van der Waals surface area contributed by atoms with Gasteiger partial charge < -0.3 is 5.11 Å². The lowest BCUT2D eigenvalue weighted by Gasteiger charge is -2.32. The average molecular weight is 223 g/mol. The highest BCUT2D eigenvalue weighted by Crippen LogP contribution is 2.16. The standard InChI is InChI=1S/C8H17NO4S/c1-7(10)9-5-3-8(4-6-9)13-14(2,11)12/h7-8,10H,3-6H2,1-2H3. The van der Waals surface area contributed by atoms with Gasteiger partial charge in [0.2, 0.25) is 0 Å². The number of hydrogen-bond acceptors (Lipinski definition) is 5. The van der Waals surface area contributed by atoms with Crippen LogP contribution in [-0.2, 0) is 14.3 Å². The van der Waals surface area contributed by atoms with Crippen LogP contribution in [0.4, 0.5) is 0 Å². The van der Waals surface area contributed by atoms with Crippen molar-refractivity contribution in [1.82, 2.24) is 4.90 Å². The van der Waals surface area contributed by atoms with Crippen molar-refractivity contribution in [2.24, 2.45) is 0 Å². The van der Waals surface area contributed by atoms with E-state index in [1.54, 1.807) is 6.92 Å². The summed E-state index contributed by atoms with van der Waals surface area (Å²) in [4.78, 5) is 1.89. The molecule has 0 aliphatic carbocycles. The van der Waals surface area contributed by atoms with Crippen molar-refractivity contribution in [3.05, 3.63) is 0 Å². The molecule has 1 heterocycles. The van der Waals surface area contributed by atoms with E-state index >= 15 is 0 Å². The van der Waals surface area contributed by atoms with Gasteiger partial charge in [0.25, 0.3) is 10.1 Å². The van der Waals surface area contributed by atoms with Gasteiger partial charge >= 0.3 is 0 Å². The van der Waals surface area contributed by atoms with Gasteiger partial charge in [-0.25, -0.2) is 0 Å². The Bertz CT molecular complexity index is 267. The molecule has 0 saturated carbocycles. The molecule has 0 spiro atoms. The Labute approximate surface area is 84.8 Å². The Morgan fingerprint density at radius 1 is 1.43 bits per heavy atom. The van der Waals surface area contributed by atoms with Crippen LogP contribution >= 0.6 is 0 Å². The second-order valence-electron chi connectivity index (χ2n) is 3.67. The molecular weight excluding hydrogens is 206 g/mol. The summed E-state index contributed by atoms with van der Waals surface area (Å²) in [6.45, 7) is 3.06. The molecule has 1 N–H and O–H groups in total. The highest BCUT2D eigenvalue weighted by atomic mass is 32.2. The zero-order valence-corrected chi connectivity index (χ0v) is 9.33. The second kappa shape index (κ2) is 4.57. The Hall–Kier alpha value is -0.170. The zero-order valence-electron chi connectivity index (χ0n) is 8.51. The monoisotopic (exact) mass is 223 g/mol. The van der Waals surface area contributed by atoms with Crippen LogP contribution in [0.1, 0.15) is 19.8 Å². The van der Waals surface area contributed by atoms with Gasteiger partial charge in [0, 0.05) is 13.1 Å². The van der Waals surface area contributed by atoms with Crippen molar-refractivity contribution in [2.45, 2.75) is 32.1 Å². The molecule has 0 bridgehead atoms. The zero-order chi connectivity index (χ0) is 10.8. The largest absolute Gasteiger partial charge is 0.379 e. The first-order valence-electron chi connectivity index (χ1n) is 4.69. The molecule has 0 aromatic carbocycles. The molecule has 0 radical (unpaired) electrons. The quantitative estimate of drug-likeness (QED) is 0.669. The molecular formula is C8H17NO4S. The van der Waals surface area contributed by atoms with E-state index in [0.717, 1.165) is 6.26 Å². The highest BCUT2D eigenvalue weighted by Gasteiger charge is 2.24. The summed E-state index contributed by atoms with van der Waals surface area (Å²) in [6.07, 6.45) is 1.68. The normalized spacial score (nSPS) is 23.6. The van der Waals surface area contributed by atoms with E-state index in [1.807, 2.05) is 4.90 Å². The van der Waals surface area contributed by atoms with Gasteiger partial charge in [-0.2, -0.15) is 8.42 Å². The first-order chi connectivity index (χ1) is 6.38. The molecule has 14 heavy (non-hydrogen) atoms. The molecule has 6 heteroatoms. The molecule has 84 valence electrons. The minimum absolute atomic E-state index is 0.222. The highest BCUT2D eigenvalue weighted by molar-refractivity contribution is 7.86. The summed E-state index contributed by atoms with van der Waals surface area (Å²) < 4.78 is 26.5. The third-order valence-corrected chi connectivity index (χ3v) is 2.94. The van der Waals surface area contributed by atoms with Gasteiger partial charge in [0.1, 0.15) is 6.23 Å². The maximum atomic E-state index is 10.8. The van der Waals surface area contributed by atoms with Crippen molar-refractivity contribution < 1.29 is 17.7 Å². The summed E-state index contributed by atoms with van der Waals surface area (Å²) in [6, 6.07) is 0. The van der Waals surface area contributed by atoms with Crippen molar-refractivity contribution in [3.8, 4) is 0 Å². The van der Waals surface area contributed by atoms with Crippen molar-refractivity contribution in [3.63, 3.8) is 0 Å². The number of hydrogen-bond donors (Lipinski definition) is 1. The predicted octanol–water partition coefficient (Wildman–Crippen LogP) is -0.235. The average Bonchev–Trinajstić information content (AvgIpc) is 2.02. The molecule has 1 aliphatic heterocycles. The van der Waals surface area contributed by atoms with E-state index in [-0.39, 0.29) is 6.10 Å². The number of piperidine rings is 1. The van der Waals surface area contributed by atoms with Gasteiger partial charge in [-0.1, -0.05) is 0 Å². The van der Waals surface area contributed by atoms with E-state index in [1.165, 1.54) is 0 Å². The van der Waals surface area contributed by atoms with Crippen molar-refractivity contribution in [1.29, 1.82) is 0 Å². The second-order valence-corrected chi connectivity index (χ2v) is 5.27. The Morgan fingerprint density at radius 3 is 2.29 bits per heavy atom. The summed E-state index contributed by atoms with van der Waals surface area (Å²) in [7, 11) is -3.34. The van der Waals surface area contributed by atoms with Crippen LogP contribution in [0.3, 0.4) is 0 Å². The van der Waals surface area contributed by atoms with Crippen LogP contribution in [-0.4, -0.2) is 50.1 Å². The Morgan fingerprint density at radius 2 is 1.93 bits per heavy atom. The summed E-state index contributed by atoms with van der Waals surface area (Å²) >= 11 is 0. The molecule has 0 aromatic rings. The van der Waals surface area contributed by atoms with Crippen molar-refractivity contribution in [2.75, 3.05) is 19.3 Å². The van der Waals surface area contributed by atoms with Crippen molar-refractivity contribution >= 4 is 10.1 Å². The first-order valence-corrected chi connectivity index (χ1v) is 6.50. The van der Waals surface area contributed by atoms with Crippen LogP contribution in [0.25, 0.3) is 0 Å². The lowest BCUT2D eigenvalue weighted by molar-refractivity contribution is -0.0150. The smallest absolute Gasteiger partial charge is 0.264 e. The molecule has 1 saturated heterocycles. The number of aliphatic hydroxyl groups excluding tert-OH is 1. The maximum Gasteiger partial charge on any atom is 0.264 e. The van der Waals surface area contributed by atoms with E-state index < -0.39 is 16.3 Å². The number of nitrogens with zero attached hydrogens (tertiary/aromatic N) is 1. The van der Waals surface area contributed by atoms with E-state index in [0.29, 0.717) is 25.9 Å². The van der Waals surface area contributed by atoms with Crippen LogP contribution in [0.5, 0.6) is 0 Å². The van der Waals surface area contributed by atoms with Gasteiger partial charge in [0.05, 0.1) is 12.4 Å². The van der Waals surface area contributed by atoms with Crippen LogP contribution in [0, 0.1) is 0 Å². The third-order valence-electron chi connectivity index (χ3n) is 2.32. The maximum absolute atomic E-state index is 10.8. The Kier molecular flexibility index (Phi) is 3.88. The van der Waals surface area contributed by atoms with Crippen LogP contribution in [0.15, 0.2) is 0 Å². The fourth-order valence-corrected chi connectivity index (χ4v) is 2.28. The lowest BCUT2D eigenvalue weighted by atomic mass is 10.1. The number of rotatable bonds is 3. The van der Waals surface area contributed by atoms with Gasteiger partial charge in [0.15, 0.2) is 0 Å². The third kappa shape index (κ3) is 3.91. The predicted molar refractivity (Wildman–Crippen MR) is 52.2 cm³/mol. The van der Waals surface area contributed by atoms with E-state index in [2.05, 4.69) is 0 Å². The minimum atomic E-state index is -3.34. The summed E-state index contributed by atoms with van der Waals surface area (Å²) in [5.74, 6) is 0. The van der Waals surface area contributed by atoms with Gasteiger partial charge in [-0.15, -0.1) is 0 Å². The summed E-state index contributed by atoms with van der Waals surface area (Å²) in [5.41, 5.74) is 0. The van der Waals surface area contributed by atoms with Gasteiger partial charge in [-0.3, -0.25) is 9.08 Å². The fourth-order valence-electron chi connectivity index (χ4n) is 1.59. The molecule has 1 aliphatic rings. The molecule has 1 unspecified atom stereocenters. The number of likely N-dealkylation sites (tertiary alicyclic amines) is 1. The van der Waals surface area contributed by atoms with E-state index in [9.17, 15) is 13.5 Å². The Balaban J connectivity index is 2.36. The lowest BCUT2D eigenvalue weighted by Crippen LogP contribution is -2.42. The van der Waals surface area contributed by atoms with Crippen LogP contribution < -0.4 is 0 Å². The van der Waals surface area contributed by atoms with Crippen LogP contribution in [0.2, 0.25) is 0 Å². The SMILES string of the molecule is CC(O)N1CCC(OS(C)(=O)=O)CC1. The van der Waals surface area contributed by atoms with Gasteiger partial charge in [-0.05, 0) is 19.8 Å². The molecule has 0 aromatic heterocycles. The fraction of sp³-hybridized carbons (Fsp3) is 1.00. The molecule has 0 amide bonds. The van der Waals surface area contributed by atoms with E-state index in [4.69, 9.17) is 4.18 Å². The molecule has 1 rings (SSSR count). The minimum Gasteiger partial charge on any atom is -0.379 e. The number of aliphatic hydroxyl groups is 1. The molecule has 1 fully saturated rings. The topological polar surface area (TPSA) is 66.8 Å². The first kappa shape index (κ1) is 11.9. The molecule has 5 nitrogen and oxygen atoms in total. The molecule has 1 atom stereocenters.